The van der Waals surface area contributed by atoms with Crippen molar-refractivity contribution in [3.05, 3.63) is 78.2 Å². The number of aromatic nitrogens is 1. The molecule has 1 heterocycles. The average molecular weight is 445 g/mol. The summed E-state index contributed by atoms with van der Waals surface area (Å²) < 4.78 is 17.2. The molecule has 1 aromatic heterocycles. The number of benzene rings is 1. The van der Waals surface area contributed by atoms with Crippen LogP contribution < -0.4 is 5.32 Å². The van der Waals surface area contributed by atoms with Crippen molar-refractivity contribution < 1.29 is 9.18 Å². The number of alkyl halides is 1. The molecule has 2 aromatic rings. The number of nitrogens with zero attached hydrogens (tertiary/aromatic N) is 1. The maximum absolute atomic E-state index is 15.1. The number of allylic oxidation sites excluding steroid dienone is 3. The average Bonchev–Trinajstić information content (AvgIpc) is 3.51. The van der Waals surface area contributed by atoms with Crippen LogP contribution in [0.1, 0.15) is 68.5 Å². The maximum Gasteiger partial charge on any atom is 0.244 e. The zero-order valence-corrected chi connectivity index (χ0v) is 19.2. The Labute approximate surface area is 195 Å². The second-order valence-electron chi connectivity index (χ2n) is 11.1. The van der Waals surface area contributed by atoms with Gasteiger partial charge in [0.05, 0.1) is 6.54 Å². The molecule has 0 radical (unpaired) electrons. The highest BCUT2D eigenvalue weighted by Gasteiger charge is 2.57. The Hall–Kier alpha value is -2.62. The van der Waals surface area contributed by atoms with Gasteiger partial charge < -0.3 is 9.88 Å². The number of rotatable bonds is 7. The van der Waals surface area contributed by atoms with E-state index in [1.807, 2.05) is 30.5 Å². The van der Waals surface area contributed by atoms with Gasteiger partial charge >= 0.3 is 0 Å². The molecule has 5 aliphatic rings. The Morgan fingerprint density at radius 1 is 1.06 bits per heavy atom. The molecule has 7 rings (SSSR count). The first-order valence-corrected chi connectivity index (χ1v) is 12.6. The minimum absolute atomic E-state index is 0.00946. The van der Waals surface area contributed by atoms with E-state index in [1.165, 1.54) is 24.8 Å². The molecule has 172 valence electrons. The Morgan fingerprint density at radius 3 is 2.52 bits per heavy atom. The van der Waals surface area contributed by atoms with E-state index in [0.29, 0.717) is 24.8 Å². The first-order chi connectivity index (χ1) is 16.0. The van der Waals surface area contributed by atoms with E-state index >= 15 is 4.39 Å². The van der Waals surface area contributed by atoms with Crippen LogP contribution in [-0.4, -0.2) is 16.1 Å². The molecule has 1 N–H and O–H groups in total. The third-order valence-electron chi connectivity index (χ3n) is 8.34. The lowest BCUT2D eigenvalue weighted by molar-refractivity contribution is -0.116. The van der Waals surface area contributed by atoms with E-state index in [1.54, 1.807) is 6.08 Å². The molecule has 2 atom stereocenters. The van der Waals surface area contributed by atoms with E-state index in [4.69, 9.17) is 0 Å². The van der Waals surface area contributed by atoms with Gasteiger partial charge in [-0.05, 0) is 104 Å². The van der Waals surface area contributed by atoms with Crippen molar-refractivity contribution in [3.63, 3.8) is 0 Å². The third-order valence-corrected chi connectivity index (χ3v) is 8.34. The van der Waals surface area contributed by atoms with Gasteiger partial charge in [-0.2, -0.15) is 0 Å². The number of carbonyl (C=O) groups is 1. The molecule has 5 saturated carbocycles. The molecule has 0 aliphatic heterocycles. The number of amides is 1. The first-order valence-electron chi connectivity index (χ1n) is 12.6. The molecule has 0 saturated heterocycles. The van der Waals surface area contributed by atoms with Gasteiger partial charge in [0.2, 0.25) is 5.91 Å². The quantitative estimate of drug-likeness (QED) is 0.390. The van der Waals surface area contributed by atoms with Crippen LogP contribution >= 0.6 is 0 Å². The fraction of sp³-hybridized carbons (Fsp3) is 0.483. The van der Waals surface area contributed by atoms with E-state index < -0.39 is 5.67 Å². The van der Waals surface area contributed by atoms with Gasteiger partial charge in [-0.1, -0.05) is 30.4 Å². The minimum atomic E-state index is -0.942. The predicted molar refractivity (Wildman–Crippen MR) is 129 cm³/mol. The van der Waals surface area contributed by atoms with Crippen LogP contribution in [0.2, 0.25) is 0 Å². The van der Waals surface area contributed by atoms with Crippen molar-refractivity contribution in [2.75, 3.05) is 0 Å². The highest BCUT2D eigenvalue weighted by molar-refractivity contribution is 5.87. The van der Waals surface area contributed by atoms with Gasteiger partial charge in [-0.25, -0.2) is 4.39 Å². The summed E-state index contributed by atoms with van der Waals surface area (Å²) in [4.78, 5) is 12.4. The molecule has 5 aliphatic carbocycles. The molecular formula is C29H33FN2O. The van der Waals surface area contributed by atoms with Crippen molar-refractivity contribution in [2.45, 2.75) is 69.5 Å². The van der Waals surface area contributed by atoms with Gasteiger partial charge in [0.15, 0.2) is 0 Å². The van der Waals surface area contributed by atoms with Crippen LogP contribution in [0.3, 0.4) is 0 Å². The van der Waals surface area contributed by atoms with Crippen LogP contribution in [-0.2, 0) is 11.3 Å². The predicted octanol–water partition coefficient (Wildman–Crippen LogP) is 6.39. The second kappa shape index (κ2) is 8.00. The smallest absolute Gasteiger partial charge is 0.244 e. The number of nitrogens with one attached hydrogen (secondary N) is 1. The molecule has 5 fully saturated rings. The minimum Gasteiger partial charge on any atom is -0.347 e. The van der Waals surface area contributed by atoms with Crippen molar-refractivity contribution >= 4 is 5.91 Å². The Bertz CT molecular complexity index is 1080. The lowest BCUT2D eigenvalue weighted by Gasteiger charge is -2.58. The summed E-state index contributed by atoms with van der Waals surface area (Å²) in [5.74, 6) is 1.75. The number of hydrogen-bond acceptors (Lipinski definition) is 1. The number of halogens is 1. The molecular weight excluding hydrogens is 411 g/mol. The van der Waals surface area contributed by atoms with Crippen LogP contribution in [0.5, 0.6) is 0 Å². The van der Waals surface area contributed by atoms with Crippen molar-refractivity contribution in [1.82, 2.24) is 9.88 Å². The topological polar surface area (TPSA) is 34.0 Å². The molecule has 4 heteroatoms. The Balaban J connectivity index is 1.04. The summed E-state index contributed by atoms with van der Waals surface area (Å²) in [5, 5.41) is 2.99. The largest absolute Gasteiger partial charge is 0.347 e. The van der Waals surface area contributed by atoms with Crippen molar-refractivity contribution in [3.8, 4) is 5.69 Å². The first kappa shape index (κ1) is 20.9. The van der Waals surface area contributed by atoms with E-state index in [-0.39, 0.29) is 11.3 Å². The van der Waals surface area contributed by atoms with Gasteiger partial charge in [-0.3, -0.25) is 4.79 Å². The second-order valence-corrected chi connectivity index (χ2v) is 11.1. The summed E-state index contributed by atoms with van der Waals surface area (Å²) in [6, 6.07) is 12.8. The fourth-order valence-corrected chi connectivity index (χ4v) is 7.19. The molecule has 2 unspecified atom stereocenters. The highest BCUT2D eigenvalue weighted by Crippen LogP contribution is 2.63. The maximum atomic E-state index is 15.1. The molecule has 1 aromatic carbocycles. The highest BCUT2D eigenvalue weighted by atomic mass is 19.1. The van der Waals surface area contributed by atoms with E-state index in [0.717, 1.165) is 43.0 Å². The van der Waals surface area contributed by atoms with Gasteiger partial charge in [0.1, 0.15) is 5.67 Å². The van der Waals surface area contributed by atoms with Crippen molar-refractivity contribution in [1.29, 1.82) is 0 Å². The summed E-state index contributed by atoms with van der Waals surface area (Å²) in [7, 11) is 0. The lowest BCUT2D eigenvalue weighted by atomic mass is 9.48. The van der Waals surface area contributed by atoms with Crippen LogP contribution in [0.25, 0.3) is 5.69 Å². The fourth-order valence-electron chi connectivity index (χ4n) is 7.19. The standard InChI is InChI=1S/C29H33FN2O/c30-29-17-21-14-22(18-29)16-28(15-21,20-29)12-2-1-5-27(33)31-19-26-4-3-13-32(26)25-10-8-24(9-11-25)23-6-7-23/h1-5,8-13,21-23H,6-7,14-20H2,(H,31,33)/b5-1+,12-2+. The van der Waals surface area contributed by atoms with Gasteiger partial charge in [-0.15, -0.1) is 0 Å². The van der Waals surface area contributed by atoms with Crippen LogP contribution in [0.4, 0.5) is 4.39 Å². The third kappa shape index (κ3) is 4.32. The van der Waals surface area contributed by atoms with Gasteiger partial charge in [0.25, 0.3) is 0 Å². The molecule has 33 heavy (non-hydrogen) atoms. The van der Waals surface area contributed by atoms with E-state index in [9.17, 15) is 4.79 Å². The monoisotopic (exact) mass is 444 g/mol. The zero-order chi connectivity index (χ0) is 22.5. The van der Waals surface area contributed by atoms with Crippen LogP contribution in [0.15, 0.2) is 66.9 Å². The Morgan fingerprint density at radius 2 is 1.82 bits per heavy atom. The number of carbonyl (C=O) groups excluding carboxylic acids is 1. The molecule has 1 amide bonds. The SMILES string of the molecule is O=C(/C=C/C=C/C12CC3CC(CC(F)(C3)C1)C2)NCc1cccn1-c1ccc(C2CC2)cc1. The molecule has 0 spiro atoms. The summed E-state index contributed by atoms with van der Waals surface area (Å²) >= 11 is 0. The van der Waals surface area contributed by atoms with E-state index in [2.05, 4.69) is 40.2 Å². The normalized spacial score (nSPS) is 32.8. The molecule has 4 bridgehead atoms. The Kier molecular flexibility index (Phi) is 5.08. The lowest BCUT2D eigenvalue weighted by Crippen LogP contribution is -2.52. The van der Waals surface area contributed by atoms with Gasteiger partial charge in [0, 0.05) is 23.7 Å². The van der Waals surface area contributed by atoms with Crippen molar-refractivity contribution in [2.24, 2.45) is 17.3 Å². The molecule has 3 nitrogen and oxygen atoms in total. The summed E-state index contributed by atoms with van der Waals surface area (Å²) in [5.41, 5.74) is 2.66. The summed E-state index contributed by atoms with van der Waals surface area (Å²) in [6.07, 6.45) is 17.9. The number of hydrogen-bond donors (Lipinski definition) is 1. The van der Waals surface area contributed by atoms with Crippen LogP contribution in [0, 0.1) is 17.3 Å². The zero-order valence-electron chi connectivity index (χ0n) is 19.2. The summed E-state index contributed by atoms with van der Waals surface area (Å²) in [6.45, 7) is 0.474.